The van der Waals surface area contributed by atoms with E-state index in [4.69, 9.17) is 15.3 Å². The van der Waals surface area contributed by atoms with Gasteiger partial charge in [0.25, 0.3) is 0 Å². The maximum atomic E-state index is 8.25. The highest BCUT2D eigenvalue weighted by molar-refractivity contribution is 8.21. The van der Waals surface area contributed by atoms with Crippen LogP contribution in [0.25, 0.3) is 0 Å². The third-order valence-corrected chi connectivity index (χ3v) is 6.40. The summed E-state index contributed by atoms with van der Waals surface area (Å²) >= 11 is 4.24. The molecular formula is C10H16N3O3S2-. The smallest absolute Gasteiger partial charge is 0.0946 e. The molecule has 2 atom stereocenters. The van der Waals surface area contributed by atoms with Gasteiger partial charge in [-0.25, -0.2) is 4.98 Å². The van der Waals surface area contributed by atoms with Gasteiger partial charge in [-0.05, 0) is 6.42 Å². The van der Waals surface area contributed by atoms with Gasteiger partial charge in [0.1, 0.15) is 0 Å². The van der Waals surface area contributed by atoms with Gasteiger partial charge in [0, 0.05) is 29.9 Å². The Morgan fingerprint density at radius 2 is 2.28 bits per heavy atom. The summed E-state index contributed by atoms with van der Waals surface area (Å²) < 4.78 is 2.58. The van der Waals surface area contributed by atoms with E-state index in [1.54, 1.807) is 0 Å². The van der Waals surface area contributed by atoms with Gasteiger partial charge in [-0.15, -0.1) is 23.5 Å². The van der Waals surface area contributed by atoms with E-state index in [1.165, 1.54) is 12.2 Å². The number of hydrogen-bond donors (Lipinski definition) is 0. The molecule has 1 aliphatic heterocycles. The summed E-state index contributed by atoms with van der Waals surface area (Å²) in [4.78, 5) is 12.3. The van der Waals surface area contributed by atoms with Crippen molar-refractivity contribution in [3.63, 3.8) is 0 Å². The van der Waals surface area contributed by atoms with Gasteiger partial charge in [-0.2, -0.15) is 0 Å². The molecule has 0 spiro atoms. The van der Waals surface area contributed by atoms with Crippen LogP contribution in [0.5, 0.6) is 0 Å². The first-order chi connectivity index (χ1) is 8.47. The van der Waals surface area contributed by atoms with Crippen LogP contribution in [0.2, 0.25) is 0 Å². The van der Waals surface area contributed by atoms with Crippen LogP contribution in [0.1, 0.15) is 20.3 Å². The quantitative estimate of drug-likeness (QED) is 0.628. The highest BCUT2D eigenvalue weighted by Crippen LogP contribution is 2.50. The summed E-state index contributed by atoms with van der Waals surface area (Å²) in [5, 5.41) is 15.5. The molecule has 0 aromatic carbocycles. The zero-order chi connectivity index (χ0) is 13.6. The van der Waals surface area contributed by atoms with Crippen molar-refractivity contribution in [3.05, 3.63) is 34.0 Å². The van der Waals surface area contributed by atoms with E-state index in [1.807, 2.05) is 12.5 Å². The number of thioether (sulfide) groups is 2. The first-order valence-corrected chi connectivity index (χ1v) is 7.43. The highest BCUT2D eigenvalue weighted by Gasteiger charge is 2.37. The number of rotatable bonds is 3. The number of hydrogen-bond acceptors (Lipinski definition) is 6. The second kappa shape index (κ2) is 6.89. The van der Waals surface area contributed by atoms with Gasteiger partial charge >= 0.3 is 0 Å². The first kappa shape index (κ1) is 15.2. The molecule has 8 heteroatoms. The lowest BCUT2D eigenvalue weighted by molar-refractivity contribution is -0.402. The SMILES string of the molecule is CCC1(Cn2ccnc2)SCC(C)S1.O=[N+]([O-])[O-]. The van der Waals surface area contributed by atoms with Crippen LogP contribution in [-0.4, -0.2) is 29.7 Å². The van der Waals surface area contributed by atoms with Crippen LogP contribution in [0.4, 0.5) is 0 Å². The standard InChI is InChI=1S/C10H16N2S2.NO3/c1-3-10(13-6-9(2)14-10)7-12-5-4-11-8-12;2-1(3)4/h4-5,8-9H,3,6-7H2,1-2H3;/q;-1. The fourth-order valence-corrected chi connectivity index (χ4v) is 5.29. The van der Waals surface area contributed by atoms with Crippen molar-refractivity contribution in [2.45, 2.75) is 36.1 Å². The Hall–Kier alpha value is -0.890. The summed E-state index contributed by atoms with van der Waals surface area (Å²) in [6.07, 6.45) is 7.06. The number of imidazole rings is 1. The predicted molar refractivity (Wildman–Crippen MR) is 75.1 cm³/mol. The van der Waals surface area contributed by atoms with E-state index in [-0.39, 0.29) is 0 Å². The molecule has 0 bridgehead atoms. The van der Waals surface area contributed by atoms with Crippen LogP contribution in [0.15, 0.2) is 18.7 Å². The second-order valence-corrected chi connectivity index (χ2v) is 7.45. The molecule has 18 heavy (non-hydrogen) atoms. The summed E-state index contributed by atoms with van der Waals surface area (Å²) in [5.41, 5.74) is 0. The summed E-state index contributed by atoms with van der Waals surface area (Å²) in [6.45, 7) is 5.70. The van der Waals surface area contributed by atoms with Crippen LogP contribution < -0.4 is 0 Å². The van der Waals surface area contributed by atoms with E-state index in [2.05, 4.69) is 53.1 Å². The lowest BCUT2D eigenvalue weighted by Crippen LogP contribution is -2.23. The molecule has 0 N–H and O–H groups in total. The molecule has 2 rings (SSSR count). The van der Waals surface area contributed by atoms with Crippen molar-refractivity contribution < 1.29 is 5.09 Å². The minimum absolute atomic E-state index is 0.389. The predicted octanol–water partition coefficient (Wildman–Crippen LogP) is 2.62. The van der Waals surface area contributed by atoms with E-state index >= 15 is 0 Å². The Bertz CT molecular complexity index is 370. The molecule has 0 radical (unpaired) electrons. The zero-order valence-corrected chi connectivity index (χ0v) is 11.9. The Morgan fingerprint density at radius 1 is 1.61 bits per heavy atom. The third kappa shape index (κ3) is 4.77. The van der Waals surface area contributed by atoms with Gasteiger partial charge in [-0.1, -0.05) is 13.8 Å². The summed E-state index contributed by atoms with van der Waals surface area (Å²) in [5.74, 6) is 1.28. The summed E-state index contributed by atoms with van der Waals surface area (Å²) in [6, 6.07) is 0. The maximum Gasteiger partial charge on any atom is 0.0946 e. The van der Waals surface area contributed by atoms with Gasteiger partial charge in [0.15, 0.2) is 0 Å². The molecule has 2 heterocycles. The Morgan fingerprint density at radius 3 is 2.67 bits per heavy atom. The molecule has 0 saturated carbocycles. The molecule has 1 aliphatic rings. The number of nitrogens with zero attached hydrogens (tertiary/aromatic N) is 3. The first-order valence-electron chi connectivity index (χ1n) is 5.56. The molecular weight excluding hydrogens is 274 g/mol. The van der Waals surface area contributed by atoms with Crippen molar-refractivity contribution in [3.8, 4) is 0 Å². The highest BCUT2D eigenvalue weighted by atomic mass is 32.2. The largest absolute Gasteiger partial charge is 0.356 e. The number of aromatic nitrogens is 2. The van der Waals surface area contributed by atoms with Crippen LogP contribution in [0, 0.1) is 15.3 Å². The molecule has 1 aromatic heterocycles. The minimum atomic E-state index is -1.75. The molecule has 102 valence electrons. The minimum Gasteiger partial charge on any atom is -0.356 e. The maximum absolute atomic E-state index is 8.25. The van der Waals surface area contributed by atoms with Crippen LogP contribution >= 0.6 is 23.5 Å². The van der Waals surface area contributed by atoms with Crippen molar-refractivity contribution in [1.82, 2.24) is 9.55 Å². The molecule has 2 unspecified atom stereocenters. The van der Waals surface area contributed by atoms with Crippen LogP contribution in [0.3, 0.4) is 0 Å². The van der Waals surface area contributed by atoms with E-state index in [0.29, 0.717) is 4.08 Å². The molecule has 1 fully saturated rings. The fourth-order valence-electron chi connectivity index (χ4n) is 1.74. The monoisotopic (exact) mass is 290 g/mol. The lowest BCUT2D eigenvalue weighted by Gasteiger charge is -2.26. The zero-order valence-electron chi connectivity index (χ0n) is 10.3. The fraction of sp³-hybridized carbons (Fsp3) is 0.700. The Balaban J connectivity index is 0.000000357. The molecule has 1 saturated heterocycles. The molecule has 0 amide bonds. The van der Waals surface area contributed by atoms with Gasteiger partial charge in [-0.3, -0.25) is 0 Å². The lowest BCUT2D eigenvalue weighted by atomic mass is 10.3. The van der Waals surface area contributed by atoms with Gasteiger partial charge in [0.05, 0.1) is 15.5 Å². The molecule has 0 aliphatic carbocycles. The normalized spacial score (nSPS) is 26.4. The Labute approximate surface area is 114 Å². The van der Waals surface area contributed by atoms with Gasteiger partial charge in [0.2, 0.25) is 0 Å². The average molecular weight is 290 g/mol. The molecule has 6 nitrogen and oxygen atoms in total. The van der Waals surface area contributed by atoms with Crippen molar-refractivity contribution >= 4 is 23.5 Å². The second-order valence-electron chi connectivity index (χ2n) is 3.96. The topological polar surface area (TPSA) is 84.0 Å². The summed E-state index contributed by atoms with van der Waals surface area (Å²) in [7, 11) is 0. The molecule has 1 aromatic rings. The van der Waals surface area contributed by atoms with Crippen molar-refractivity contribution in [2.24, 2.45) is 0 Å². The van der Waals surface area contributed by atoms with Crippen molar-refractivity contribution in [2.75, 3.05) is 5.75 Å². The van der Waals surface area contributed by atoms with Crippen molar-refractivity contribution in [1.29, 1.82) is 0 Å². The van der Waals surface area contributed by atoms with Gasteiger partial charge < -0.3 is 19.9 Å². The Kier molecular flexibility index (Phi) is 5.80. The van der Waals surface area contributed by atoms with Crippen LogP contribution in [-0.2, 0) is 6.54 Å². The van der Waals surface area contributed by atoms with E-state index in [9.17, 15) is 0 Å². The average Bonchev–Trinajstić information content (AvgIpc) is 2.89. The van der Waals surface area contributed by atoms with E-state index in [0.717, 1.165) is 11.8 Å². The van der Waals surface area contributed by atoms with E-state index < -0.39 is 5.09 Å². The third-order valence-electron chi connectivity index (χ3n) is 2.52.